The van der Waals surface area contributed by atoms with Gasteiger partial charge in [0.1, 0.15) is 12.8 Å². The van der Waals surface area contributed by atoms with Gasteiger partial charge in [-0.05, 0) is 25.1 Å². The summed E-state index contributed by atoms with van der Waals surface area (Å²) in [6.07, 6.45) is 0.458. The lowest BCUT2D eigenvalue weighted by atomic mass is 10.1. The molecule has 144 valence electrons. The highest BCUT2D eigenvalue weighted by Crippen LogP contribution is 2.31. The third kappa shape index (κ3) is 3.95. The molecule has 2 N–H and O–H groups in total. The number of likely N-dealkylation sites (tertiary alicyclic amines) is 1. The van der Waals surface area contributed by atoms with Crippen LogP contribution in [0.25, 0.3) is 0 Å². The zero-order valence-electron chi connectivity index (χ0n) is 13.9. The number of sulfonamides is 1. The fraction of sp³-hybridized carbons (Fsp3) is 0.600. The van der Waals surface area contributed by atoms with Gasteiger partial charge < -0.3 is 9.47 Å². The van der Waals surface area contributed by atoms with Crippen molar-refractivity contribution in [3.8, 4) is 5.75 Å². The molecule has 2 heterocycles. The van der Waals surface area contributed by atoms with Crippen LogP contribution in [0, 0.1) is 16.0 Å². The van der Waals surface area contributed by atoms with Crippen molar-refractivity contribution in [2.45, 2.75) is 23.5 Å². The van der Waals surface area contributed by atoms with Gasteiger partial charge in [-0.2, -0.15) is 0 Å². The third-order valence-corrected chi connectivity index (χ3v) is 5.69. The van der Waals surface area contributed by atoms with Crippen LogP contribution < -0.4 is 9.88 Å². The Morgan fingerprint density at radius 2 is 2.23 bits per heavy atom. The highest BCUT2D eigenvalue weighted by Gasteiger charge is 2.40. The topological polar surface area (TPSA) is 125 Å². The van der Waals surface area contributed by atoms with Gasteiger partial charge in [0.25, 0.3) is 0 Å². The van der Waals surface area contributed by atoms with Gasteiger partial charge in [-0.15, -0.1) is 0 Å². The van der Waals surface area contributed by atoms with Crippen molar-refractivity contribution >= 4 is 15.7 Å². The maximum absolute atomic E-state index is 12.8. The number of benzene rings is 1. The summed E-state index contributed by atoms with van der Waals surface area (Å²) in [6.45, 7) is 1.76. The minimum Gasteiger partial charge on any atom is -0.486 e. The second-order valence-corrected chi connectivity index (χ2v) is 8.05. The lowest BCUT2D eigenvalue weighted by Gasteiger charge is -2.41. The lowest BCUT2D eigenvalue weighted by molar-refractivity contribution is -0.386. The number of ether oxygens (including phenoxy) is 2. The molecule has 3 atom stereocenters. The fourth-order valence-electron chi connectivity index (χ4n) is 3.25. The Bertz CT molecular complexity index is 788. The van der Waals surface area contributed by atoms with Gasteiger partial charge in [-0.25, -0.2) is 17.9 Å². The predicted octanol–water partition coefficient (Wildman–Crippen LogP) is 0.680. The Morgan fingerprint density at radius 3 is 2.81 bits per heavy atom. The van der Waals surface area contributed by atoms with E-state index in [-0.39, 0.29) is 35.3 Å². The molecule has 9 nitrogen and oxygen atoms in total. The number of alkyl halides is 1. The molecule has 3 unspecified atom stereocenters. The van der Waals surface area contributed by atoms with Gasteiger partial charge in [0, 0.05) is 18.5 Å². The molecule has 3 rings (SSSR count). The van der Waals surface area contributed by atoms with Crippen molar-refractivity contribution in [2.24, 2.45) is 11.1 Å². The van der Waals surface area contributed by atoms with E-state index in [0.29, 0.717) is 13.2 Å². The van der Waals surface area contributed by atoms with Crippen LogP contribution in [0.1, 0.15) is 6.42 Å². The van der Waals surface area contributed by atoms with E-state index in [1.165, 1.54) is 12.1 Å². The number of nitrogens with two attached hydrogens (primary N) is 1. The second kappa shape index (κ2) is 7.43. The van der Waals surface area contributed by atoms with Gasteiger partial charge in [0.15, 0.2) is 5.75 Å². The number of hydrogen-bond donors (Lipinski definition) is 1. The summed E-state index contributed by atoms with van der Waals surface area (Å²) in [6, 6.07) is 3.39. The zero-order chi connectivity index (χ0) is 18.9. The standard InChI is InChI=1S/C15H20FN3O6S/c16-6-15-13(9-25-15)18-4-3-10(7-18)8-24-14-2-1-11(26(17,22)23)5-12(14)19(20)21/h1-2,5,10,13,15H,3-4,6-9H2,(H2,17,22,23). The molecule has 2 saturated heterocycles. The zero-order valence-corrected chi connectivity index (χ0v) is 14.7. The molecule has 2 aliphatic rings. The summed E-state index contributed by atoms with van der Waals surface area (Å²) in [7, 11) is -4.04. The molecule has 0 aromatic heterocycles. The fourth-order valence-corrected chi connectivity index (χ4v) is 3.79. The van der Waals surface area contributed by atoms with Crippen molar-refractivity contribution in [1.29, 1.82) is 0 Å². The molecule has 0 bridgehead atoms. The van der Waals surface area contributed by atoms with Gasteiger partial charge in [-0.1, -0.05) is 0 Å². The van der Waals surface area contributed by atoms with Crippen molar-refractivity contribution in [2.75, 3.05) is 33.0 Å². The first-order chi connectivity index (χ1) is 12.3. The molecule has 2 fully saturated rings. The first-order valence-corrected chi connectivity index (χ1v) is 9.70. The van der Waals surface area contributed by atoms with Crippen LogP contribution in [-0.4, -0.2) is 63.4 Å². The Morgan fingerprint density at radius 1 is 1.46 bits per heavy atom. The monoisotopic (exact) mass is 389 g/mol. The summed E-state index contributed by atoms with van der Waals surface area (Å²) in [5, 5.41) is 16.2. The first-order valence-electron chi connectivity index (χ1n) is 8.15. The minimum absolute atomic E-state index is 0.00513. The minimum atomic E-state index is -4.04. The maximum atomic E-state index is 12.8. The largest absolute Gasteiger partial charge is 0.486 e. The Kier molecular flexibility index (Phi) is 5.42. The van der Waals surface area contributed by atoms with Crippen molar-refractivity contribution in [1.82, 2.24) is 4.90 Å². The average molecular weight is 389 g/mol. The van der Waals surface area contributed by atoms with E-state index in [0.717, 1.165) is 19.0 Å². The summed E-state index contributed by atoms with van der Waals surface area (Å²) in [4.78, 5) is 12.3. The molecule has 0 spiro atoms. The molecule has 0 aliphatic carbocycles. The Balaban J connectivity index is 1.62. The molecule has 0 saturated carbocycles. The molecule has 1 aromatic carbocycles. The molecule has 26 heavy (non-hydrogen) atoms. The van der Waals surface area contributed by atoms with Crippen molar-refractivity contribution in [3.63, 3.8) is 0 Å². The number of halogens is 1. The number of rotatable bonds is 7. The molecule has 1 aromatic rings. The van der Waals surface area contributed by atoms with E-state index < -0.39 is 27.3 Å². The first kappa shape index (κ1) is 19.0. The molecular weight excluding hydrogens is 369 g/mol. The molecular formula is C15H20FN3O6S. The molecule has 11 heteroatoms. The van der Waals surface area contributed by atoms with Gasteiger partial charge in [-0.3, -0.25) is 15.0 Å². The highest BCUT2D eigenvalue weighted by molar-refractivity contribution is 7.89. The van der Waals surface area contributed by atoms with Crippen LogP contribution in [-0.2, 0) is 14.8 Å². The van der Waals surface area contributed by atoms with E-state index in [1.54, 1.807) is 0 Å². The van der Waals surface area contributed by atoms with Gasteiger partial charge >= 0.3 is 5.69 Å². The van der Waals surface area contributed by atoms with Gasteiger partial charge in [0.2, 0.25) is 10.0 Å². The Hall–Kier alpha value is -1.82. The number of nitrogens with zero attached hydrogens (tertiary/aromatic N) is 2. The number of nitro benzene ring substituents is 1. The highest BCUT2D eigenvalue weighted by atomic mass is 32.2. The lowest BCUT2D eigenvalue weighted by Crippen LogP contribution is -2.56. The SMILES string of the molecule is NS(=O)(=O)c1ccc(OCC2CCN(C3COC3CF)C2)c([N+](=O)[O-])c1. The Labute approximate surface area is 150 Å². The maximum Gasteiger partial charge on any atom is 0.312 e. The van der Waals surface area contributed by atoms with Crippen LogP contribution in [0.3, 0.4) is 0 Å². The summed E-state index contributed by atoms with van der Waals surface area (Å²) in [5.74, 6) is 0.142. The van der Waals surface area contributed by atoms with E-state index in [4.69, 9.17) is 14.6 Å². The van der Waals surface area contributed by atoms with Crippen LogP contribution in [0.5, 0.6) is 5.75 Å². The van der Waals surface area contributed by atoms with E-state index >= 15 is 0 Å². The smallest absolute Gasteiger partial charge is 0.312 e. The van der Waals surface area contributed by atoms with Crippen LogP contribution >= 0.6 is 0 Å². The van der Waals surface area contributed by atoms with Crippen LogP contribution in [0.2, 0.25) is 0 Å². The van der Waals surface area contributed by atoms with E-state index in [9.17, 15) is 22.9 Å². The van der Waals surface area contributed by atoms with Crippen LogP contribution in [0.15, 0.2) is 23.1 Å². The summed E-state index contributed by atoms with van der Waals surface area (Å²) < 4.78 is 46.2. The molecule has 0 radical (unpaired) electrons. The molecule has 0 amide bonds. The quantitative estimate of drug-likeness (QED) is 0.537. The van der Waals surface area contributed by atoms with Crippen molar-refractivity contribution in [3.05, 3.63) is 28.3 Å². The number of hydrogen-bond acceptors (Lipinski definition) is 7. The van der Waals surface area contributed by atoms with E-state index in [1.807, 2.05) is 0 Å². The van der Waals surface area contributed by atoms with Crippen LogP contribution in [0.4, 0.5) is 10.1 Å². The third-order valence-electron chi connectivity index (χ3n) is 4.78. The molecule has 2 aliphatic heterocycles. The van der Waals surface area contributed by atoms with Crippen molar-refractivity contribution < 1.29 is 27.2 Å². The van der Waals surface area contributed by atoms with E-state index in [2.05, 4.69) is 4.90 Å². The number of nitro groups is 1. The summed E-state index contributed by atoms with van der Waals surface area (Å²) >= 11 is 0. The summed E-state index contributed by atoms with van der Waals surface area (Å²) in [5.41, 5.74) is -0.448. The number of primary sulfonamides is 1. The second-order valence-electron chi connectivity index (χ2n) is 6.49. The average Bonchev–Trinajstić information content (AvgIpc) is 2.99. The van der Waals surface area contributed by atoms with Gasteiger partial charge in [0.05, 0.1) is 29.1 Å². The predicted molar refractivity (Wildman–Crippen MR) is 89.1 cm³/mol. The normalized spacial score (nSPS) is 26.5.